The Balaban J connectivity index is 1.000. The van der Waals surface area contributed by atoms with E-state index >= 15 is 0 Å². The number of benzene rings is 11. The lowest BCUT2D eigenvalue weighted by molar-refractivity contribution is 0.664. The molecule has 2 aliphatic rings. The molecule has 1 aromatic heterocycles. The number of aromatic nitrogens is 1. The van der Waals surface area contributed by atoms with Crippen molar-refractivity contribution in [1.82, 2.24) is 4.57 Å². The van der Waals surface area contributed by atoms with Crippen LogP contribution in [0.3, 0.4) is 0 Å². The minimum atomic E-state index is -1.96. The minimum Gasteiger partial charge on any atom is -0.309 e. The van der Waals surface area contributed by atoms with Gasteiger partial charge in [0.1, 0.15) is 8.07 Å². The molecule has 14 rings (SSSR count). The molecular formula is C63H45NSi. The first-order chi connectivity index (χ1) is 31.8. The number of fused-ring (bicyclic) bond motifs is 15. The lowest BCUT2D eigenvalue weighted by Gasteiger charge is -2.23. The maximum Gasteiger partial charge on any atom is 0.113 e. The van der Waals surface area contributed by atoms with Gasteiger partial charge in [0.15, 0.2) is 0 Å². The van der Waals surface area contributed by atoms with E-state index in [1.165, 1.54) is 131 Å². The number of hydrogen-bond donors (Lipinski definition) is 0. The third-order valence-electron chi connectivity index (χ3n) is 15.5. The van der Waals surface area contributed by atoms with Crippen molar-refractivity contribution in [2.24, 2.45) is 0 Å². The van der Waals surface area contributed by atoms with Crippen LogP contribution in [0.4, 0.5) is 0 Å². The molecule has 65 heavy (non-hydrogen) atoms. The summed E-state index contributed by atoms with van der Waals surface area (Å²) >= 11 is 0. The van der Waals surface area contributed by atoms with Crippen LogP contribution in [-0.2, 0) is 5.41 Å². The summed E-state index contributed by atoms with van der Waals surface area (Å²) in [7, 11) is -1.96. The monoisotopic (exact) mass is 843 g/mol. The molecule has 1 nitrogen and oxygen atoms in total. The van der Waals surface area contributed by atoms with Gasteiger partial charge in [-0.25, -0.2) is 0 Å². The molecule has 12 aromatic rings. The van der Waals surface area contributed by atoms with E-state index < -0.39 is 8.07 Å². The van der Waals surface area contributed by atoms with Crippen LogP contribution in [0.15, 0.2) is 200 Å². The Morgan fingerprint density at radius 2 is 0.985 bits per heavy atom. The zero-order chi connectivity index (χ0) is 43.3. The Morgan fingerprint density at radius 1 is 0.385 bits per heavy atom. The van der Waals surface area contributed by atoms with Gasteiger partial charge in [-0.3, -0.25) is 0 Å². The topological polar surface area (TPSA) is 4.93 Å². The predicted molar refractivity (Wildman–Crippen MR) is 281 cm³/mol. The van der Waals surface area contributed by atoms with Gasteiger partial charge >= 0.3 is 0 Å². The van der Waals surface area contributed by atoms with E-state index in [9.17, 15) is 0 Å². The minimum absolute atomic E-state index is 0.155. The summed E-state index contributed by atoms with van der Waals surface area (Å²) in [6.07, 6.45) is 0. The lowest BCUT2D eigenvalue weighted by Crippen LogP contribution is -2.49. The van der Waals surface area contributed by atoms with Gasteiger partial charge in [0.25, 0.3) is 0 Å². The average molecular weight is 844 g/mol. The highest BCUT2D eigenvalue weighted by Gasteiger charge is 2.40. The van der Waals surface area contributed by atoms with Crippen LogP contribution in [0.5, 0.6) is 0 Å². The van der Waals surface area contributed by atoms with Crippen molar-refractivity contribution in [2.75, 3.05) is 0 Å². The number of rotatable bonds is 3. The van der Waals surface area contributed by atoms with Crippen LogP contribution in [-0.4, -0.2) is 12.6 Å². The second-order valence-corrected chi connectivity index (χ2v) is 23.9. The molecule has 0 radical (unpaired) electrons. The fourth-order valence-electron chi connectivity index (χ4n) is 12.5. The molecule has 11 aromatic carbocycles. The van der Waals surface area contributed by atoms with Gasteiger partial charge in [0.05, 0.1) is 11.0 Å². The summed E-state index contributed by atoms with van der Waals surface area (Å²) in [5.74, 6) is 0. The molecule has 0 amide bonds. The van der Waals surface area contributed by atoms with Crippen molar-refractivity contribution in [3.8, 4) is 50.2 Å². The van der Waals surface area contributed by atoms with Crippen molar-refractivity contribution < 1.29 is 0 Å². The van der Waals surface area contributed by atoms with Crippen molar-refractivity contribution in [3.63, 3.8) is 0 Å². The molecule has 1 aliphatic heterocycles. The van der Waals surface area contributed by atoms with E-state index in [2.05, 4.69) is 232 Å². The molecule has 0 saturated carbocycles. The quantitative estimate of drug-likeness (QED) is 0.0949. The normalized spacial score (nSPS) is 14.4. The summed E-state index contributed by atoms with van der Waals surface area (Å²) in [6, 6.07) is 76.1. The molecule has 2 heterocycles. The first-order valence-corrected chi connectivity index (χ1v) is 26.1. The second-order valence-electron chi connectivity index (χ2n) is 19.6. The Morgan fingerprint density at radius 3 is 1.72 bits per heavy atom. The maximum absolute atomic E-state index is 2.54. The fraction of sp³-hybridized carbons (Fsp3) is 0.0794. The molecule has 0 unspecified atom stereocenters. The number of hydrogen-bond acceptors (Lipinski definition) is 0. The Hall–Kier alpha value is -7.52. The highest BCUT2D eigenvalue weighted by Crippen LogP contribution is 2.54. The second kappa shape index (κ2) is 13.0. The molecule has 0 N–H and O–H groups in total. The Labute approximate surface area is 379 Å². The highest BCUT2D eigenvalue weighted by molar-refractivity contribution is 7.04. The molecule has 306 valence electrons. The highest BCUT2D eigenvalue weighted by atomic mass is 28.3. The molecule has 2 heteroatoms. The maximum atomic E-state index is 2.54. The number of nitrogens with zero attached hydrogens (tertiary/aromatic N) is 1. The molecule has 1 aliphatic carbocycles. The van der Waals surface area contributed by atoms with Gasteiger partial charge in [-0.05, 0) is 145 Å². The zero-order valence-electron chi connectivity index (χ0n) is 37.0. The first kappa shape index (κ1) is 36.9. The van der Waals surface area contributed by atoms with Crippen LogP contribution >= 0.6 is 0 Å². The van der Waals surface area contributed by atoms with E-state index in [-0.39, 0.29) is 5.41 Å². The molecule has 0 atom stereocenters. The largest absolute Gasteiger partial charge is 0.309 e. The molecule has 0 bridgehead atoms. The summed E-state index contributed by atoms with van der Waals surface area (Å²) in [6.45, 7) is 9.88. The van der Waals surface area contributed by atoms with Crippen LogP contribution in [0.2, 0.25) is 13.1 Å². The fourth-order valence-corrected chi connectivity index (χ4v) is 15.6. The van der Waals surface area contributed by atoms with Crippen LogP contribution in [0.25, 0.3) is 115 Å². The molecule has 0 saturated heterocycles. The van der Waals surface area contributed by atoms with Crippen molar-refractivity contribution in [1.29, 1.82) is 0 Å². The van der Waals surface area contributed by atoms with E-state index in [1.807, 2.05) is 0 Å². The van der Waals surface area contributed by atoms with E-state index in [0.717, 1.165) is 0 Å². The van der Waals surface area contributed by atoms with E-state index in [1.54, 1.807) is 5.19 Å². The van der Waals surface area contributed by atoms with Gasteiger partial charge in [0.2, 0.25) is 0 Å². The van der Waals surface area contributed by atoms with E-state index in [0.29, 0.717) is 0 Å². The lowest BCUT2D eigenvalue weighted by atomic mass is 9.81. The van der Waals surface area contributed by atoms with Gasteiger partial charge in [0, 0.05) is 21.9 Å². The predicted octanol–water partition coefficient (Wildman–Crippen LogP) is 15.8. The molecular weight excluding hydrogens is 799 g/mol. The zero-order valence-corrected chi connectivity index (χ0v) is 38.0. The van der Waals surface area contributed by atoms with Crippen LogP contribution in [0.1, 0.15) is 25.0 Å². The van der Waals surface area contributed by atoms with Crippen molar-refractivity contribution >= 4 is 83.3 Å². The van der Waals surface area contributed by atoms with E-state index in [4.69, 9.17) is 0 Å². The Kier molecular flexibility index (Phi) is 7.40. The van der Waals surface area contributed by atoms with Gasteiger partial charge in [-0.2, -0.15) is 0 Å². The standard InChI is InChI=1S/C63H45NSi/c1-63(2)55-25-15-14-20-44(55)49-30-31-50-52-35-40(28-32-56(52)64(62(50)61(49)63)42-17-6-5-7-18-42)59-45-21-10-12-23-47(45)60(48-24-13-11-22-46(48)59)41-29-33-57-53(36-41)54-34-39-27-26-38-16-8-9-19-43(38)51(39)37-58(54)65(57,3)4/h5-37H,1-4H3. The van der Waals surface area contributed by atoms with Crippen molar-refractivity contribution in [2.45, 2.75) is 32.4 Å². The molecule has 0 fully saturated rings. The third-order valence-corrected chi connectivity index (χ3v) is 19.1. The van der Waals surface area contributed by atoms with Gasteiger partial charge in [-0.15, -0.1) is 0 Å². The van der Waals surface area contributed by atoms with Crippen LogP contribution < -0.4 is 10.4 Å². The summed E-state index contributed by atoms with van der Waals surface area (Å²) < 4.78 is 2.53. The summed E-state index contributed by atoms with van der Waals surface area (Å²) in [4.78, 5) is 0. The average Bonchev–Trinajstić information content (AvgIpc) is 3.88. The summed E-state index contributed by atoms with van der Waals surface area (Å²) in [5, 5.41) is 16.1. The third kappa shape index (κ3) is 4.93. The SMILES string of the molecule is CC1(C)c2ccccc2-c2ccc3c4cc(-c5c6ccccc6c(-c6ccc7c(c6)-c6cc8ccc9ccccc9c8cc6[Si]7(C)C)c6ccccc56)ccc4n(-c4ccccc4)c3c21. The van der Waals surface area contributed by atoms with Crippen molar-refractivity contribution in [3.05, 3.63) is 211 Å². The summed E-state index contributed by atoms with van der Waals surface area (Å²) in [5.41, 5.74) is 17.0. The molecule has 0 spiro atoms. The first-order valence-electron chi connectivity index (χ1n) is 23.1. The van der Waals surface area contributed by atoms with Gasteiger partial charge < -0.3 is 4.57 Å². The van der Waals surface area contributed by atoms with Crippen LogP contribution in [0, 0.1) is 0 Å². The smallest absolute Gasteiger partial charge is 0.113 e. The van der Waals surface area contributed by atoms with Gasteiger partial charge in [-0.1, -0.05) is 191 Å². The Bertz CT molecular complexity index is 4000. The number of para-hydroxylation sites is 1.